The minimum Gasteiger partial charge on any atom is -0.273 e. The molecule has 0 heterocycles. The zero-order valence-electron chi connectivity index (χ0n) is 9.13. The summed E-state index contributed by atoms with van der Waals surface area (Å²) in [5.41, 5.74) is 2.46. The first-order chi connectivity index (χ1) is 7.48. The monoisotopic (exact) mass is 241 g/mol. The smallest absolute Gasteiger partial charge is 0.273 e. The number of rotatable bonds is 2. The Labute approximate surface area is 95.8 Å². The molecule has 0 fully saturated rings. The number of hydrogen-bond donors (Lipinski definition) is 1. The van der Waals surface area contributed by atoms with E-state index in [9.17, 15) is 8.42 Å². The zero-order chi connectivity index (χ0) is 11.8. The Hall–Kier alpha value is -0.910. The van der Waals surface area contributed by atoms with Crippen LogP contribution in [0.5, 0.6) is 0 Å². The van der Waals surface area contributed by atoms with E-state index in [-0.39, 0.29) is 6.04 Å². The summed E-state index contributed by atoms with van der Waals surface area (Å²) in [5, 5.41) is 0. The molecule has 0 spiro atoms. The second-order valence-electron chi connectivity index (χ2n) is 4.16. The van der Waals surface area contributed by atoms with E-state index in [0.717, 1.165) is 17.1 Å². The average Bonchev–Trinajstić information content (AvgIpc) is 2.26. The van der Waals surface area contributed by atoms with Crippen LogP contribution in [0.15, 0.2) is 24.3 Å². The Morgan fingerprint density at radius 1 is 1.31 bits per heavy atom. The lowest BCUT2D eigenvalue weighted by atomic mass is 9.88. The SMILES string of the molecule is CN(C1CCc2ccccc2C1)S(=O)(=O)O. The molecule has 16 heavy (non-hydrogen) atoms. The van der Waals surface area contributed by atoms with Gasteiger partial charge in [0.25, 0.3) is 0 Å². The van der Waals surface area contributed by atoms with Crippen LogP contribution in [0.2, 0.25) is 0 Å². The van der Waals surface area contributed by atoms with Crippen molar-refractivity contribution in [1.82, 2.24) is 4.31 Å². The van der Waals surface area contributed by atoms with E-state index < -0.39 is 10.3 Å². The Morgan fingerprint density at radius 3 is 2.56 bits per heavy atom. The molecule has 0 amide bonds. The van der Waals surface area contributed by atoms with Crippen LogP contribution in [-0.2, 0) is 23.1 Å². The van der Waals surface area contributed by atoms with Crippen molar-refractivity contribution in [3.63, 3.8) is 0 Å². The van der Waals surface area contributed by atoms with Gasteiger partial charge < -0.3 is 0 Å². The zero-order valence-corrected chi connectivity index (χ0v) is 9.94. The fourth-order valence-corrected chi connectivity index (χ4v) is 2.73. The van der Waals surface area contributed by atoms with Gasteiger partial charge >= 0.3 is 10.3 Å². The Balaban J connectivity index is 2.20. The number of hydrogen-bond acceptors (Lipinski definition) is 2. The molecule has 1 atom stereocenters. The highest BCUT2D eigenvalue weighted by Gasteiger charge is 2.27. The van der Waals surface area contributed by atoms with Crippen molar-refractivity contribution in [2.45, 2.75) is 25.3 Å². The lowest BCUT2D eigenvalue weighted by Gasteiger charge is -2.29. The molecule has 1 aliphatic rings. The van der Waals surface area contributed by atoms with Gasteiger partial charge in [0.2, 0.25) is 0 Å². The largest absolute Gasteiger partial charge is 0.335 e. The normalized spacial score (nSPS) is 20.8. The van der Waals surface area contributed by atoms with Crippen molar-refractivity contribution < 1.29 is 13.0 Å². The Bertz CT molecular complexity index is 484. The van der Waals surface area contributed by atoms with Crippen molar-refractivity contribution in [2.24, 2.45) is 0 Å². The highest BCUT2D eigenvalue weighted by Crippen LogP contribution is 2.24. The van der Waals surface area contributed by atoms with Gasteiger partial charge in [-0.1, -0.05) is 24.3 Å². The summed E-state index contributed by atoms with van der Waals surface area (Å²) in [7, 11) is -2.65. The molecular formula is C11H15NO3S. The van der Waals surface area contributed by atoms with E-state index in [1.807, 2.05) is 18.2 Å². The molecule has 2 rings (SSSR count). The number of nitrogens with zero attached hydrogens (tertiary/aromatic N) is 1. The highest BCUT2D eigenvalue weighted by atomic mass is 32.2. The van der Waals surface area contributed by atoms with E-state index >= 15 is 0 Å². The molecule has 0 bridgehead atoms. The number of aryl methyl sites for hydroxylation is 1. The third-order valence-corrected chi connectivity index (χ3v) is 4.22. The first-order valence-electron chi connectivity index (χ1n) is 5.25. The summed E-state index contributed by atoms with van der Waals surface area (Å²) in [6.07, 6.45) is 2.29. The molecule has 0 radical (unpaired) electrons. The molecule has 4 nitrogen and oxygen atoms in total. The highest BCUT2D eigenvalue weighted by molar-refractivity contribution is 7.83. The second-order valence-corrected chi connectivity index (χ2v) is 5.63. The average molecular weight is 241 g/mol. The van der Waals surface area contributed by atoms with Gasteiger partial charge in [-0.25, -0.2) is 0 Å². The molecule has 0 aliphatic heterocycles. The maximum atomic E-state index is 11.0. The lowest BCUT2D eigenvalue weighted by molar-refractivity contribution is 0.301. The molecular weight excluding hydrogens is 226 g/mol. The van der Waals surface area contributed by atoms with Gasteiger partial charge in [-0.3, -0.25) is 4.55 Å². The molecule has 1 aromatic rings. The third kappa shape index (κ3) is 2.26. The maximum Gasteiger partial charge on any atom is 0.335 e. The standard InChI is InChI=1S/C11H15NO3S/c1-12(16(13,14)15)11-7-6-9-4-2-3-5-10(9)8-11/h2-5,11H,6-8H2,1H3,(H,13,14,15). The van der Waals surface area contributed by atoms with Crippen LogP contribution in [0.1, 0.15) is 17.5 Å². The second kappa shape index (κ2) is 4.16. The van der Waals surface area contributed by atoms with Gasteiger partial charge in [0, 0.05) is 13.1 Å². The molecule has 1 aromatic carbocycles. The first kappa shape index (κ1) is 11.6. The van der Waals surface area contributed by atoms with Gasteiger partial charge in [-0.15, -0.1) is 0 Å². The number of benzene rings is 1. The van der Waals surface area contributed by atoms with Crippen LogP contribution in [0, 0.1) is 0 Å². The summed E-state index contributed by atoms with van der Waals surface area (Å²) in [6, 6.07) is 7.89. The quantitative estimate of drug-likeness (QED) is 0.793. The first-order valence-corrected chi connectivity index (χ1v) is 6.65. The molecule has 88 valence electrons. The van der Waals surface area contributed by atoms with Crippen LogP contribution in [0.3, 0.4) is 0 Å². The van der Waals surface area contributed by atoms with E-state index in [2.05, 4.69) is 6.07 Å². The molecule has 1 unspecified atom stereocenters. The molecule has 5 heteroatoms. The van der Waals surface area contributed by atoms with E-state index in [0.29, 0.717) is 6.42 Å². The van der Waals surface area contributed by atoms with Crippen LogP contribution in [0.4, 0.5) is 0 Å². The van der Waals surface area contributed by atoms with Crippen LogP contribution < -0.4 is 0 Å². The minimum absolute atomic E-state index is 0.134. The van der Waals surface area contributed by atoms with Crippen LogP contribution in [-0.4, -0.2) is 30.4 Å². The van der Waals surface area contributed by atoms with E-state index in [4.69, 9.17) is 4.55 Å². The number of fused-ring (bicyclic) bond motifs is 1. The number of likely N-dealkylation sites (N-methyl/N-ethyl adjacent to an activating group) is 1. The van der Waals surface area contributed by atoms with Gasteiger partial charge in [-0.05, 0) is 30.4 Å². The van der Waals surface area contributed by atoms with Gasteiger partial charge in [0.1, 0.15) is 0 Å². The van der Waals surface area contributed by atoms with E-state index in [1.54, 1.807) is 0 Å². The fourth-order valence-electron chi connectivity index (χ4n) is 2.18. The van der Waals surface area contributed by atoms with Crippen LogP contribution >= 0.6 is 0 Å². The molecule has 1 aliphatic carbocycles. The van der Waals surface area contributed by atoms with Crippen molar-refractivity contribution in [3.05, 3.63) is 35.4 Å². The van der Waals surface area contributed by atoms with Crippen molar-refractivity contribution in [1.29, 1.82) is 0 Å². The summed E-state index contributed by atoms with van der Waals surface area (Å²) < 4.78 is 32.1. The summed E-state index contributed by atoms with van der Waals surface area (Å²) >= 11 is 0. The summed E-state index contributed by atoms with van der Waals surface area (Å²) in [6.45, 7) is 0. The summed E-state index contributed by atoms with van der Waals surface area (Å²) in [4.78, 5) is 0. The van der Waals surface area contributed by atoms with Crippen molar-refractivity contribution in [2.75, 3.05) is 7.05 Å². The third-order valence-electron chi connectivity index (χ3n) is 3.20. The molecule has 0 saturated carbocycles. The molecule has 1 N–H and O–H groups in total. The van der Waals surface area contributed by atoms with Crippen molar-refractivity contribution >= 4 is 10.3 Å². The lowest BCUT2D eigenvalue weighted by Crippen LogP contribution is -2.40. The topological polar surface area (TPSA) is 57.6 Å². The van der Waals surface area contributed by atoms with Gasteiger partial charge in [-0.2, -0.15) is 12.7 Å². The van der Waals surface area contributed by atoms with Gasteiger partial charge in [0.15, 0.2) is 0 Å². The predicted octanol–water partition coefficient (Wildman–Crippen LogP) is 1.28. The Morgan fingerprint density at radius 2 is 1.94 bits per heavy atom. The Kier molecular flexibility index (Phi) is 3.01. The fraction of sp³-hybridized carbons (Fsp3) is 0.455. The van der Waals surface area contributed by atoms with E-state index in [1.165, 1.54) is 18.2 Å². The van der Waals surface area contributed by atoms with Crippen molar-refractivity contribution in [3.8, 4) is 0 Å². The molecule has 0 saturated heterocycles. The minimum atomic E-state index is -4.07. The predicted molar refractivity (Wildman–Crippen MR) is 61.6 cm³/mol. The van der Waals surface area contributed by atoms with Crippen LogP contribution in [0.25, 0.3) is 0 Å². The summed E-state index contributed by atoms with van der Waals surface area (Å²) in [5.74, 6) is 0. The van der Waals surface area contributed by atoms with Gasteiger partial charge in [0.05, 0.1) is 0 Å². The molecule has 0 aromatic heterocycles. The maximum absolute atomic E-state index is 11.0.